The Balaban J connectivity index is 1.94. The smallest absolute Gasteiger partial charge is 0.338 e. The minimum atomic E-state index is -0.689. The van der Waals surface area contributed by atoms with E-state index in [0.29, 0.717) is 11.5 Å². The van der Waals surface area contributed by atoms with E-state index in [1.165, 1.54) is 44.6 Å². The van der Waals surface area contributed by atoms with Gasteiger partial charge in [-0.1, -0.05) is 6.07 Å². The molecular formula is C17H16FNO5. The first kappa shape index (κ1) is 17.3. The second kappa shape index (κ2) is 7.96. The first-order chi connectivity index (χ1) is 11.5. The van der Waals surface area contributed by atoms with Crippen molar-refractivity contribution in [2.75, 3.05) is 26.1 Å². The van der Waals surface area contributed by atoms with Gasteiger partial charge in [0.1, 0.15) is 5.82 Å². The molecule has 0 radical (unpaired) electrons. The predicted octanol–water partition coefficient (Wildman–Crippen LogP) is 2.64. The van der Waals surface area contributed by atoms with Crippen molar-refractivity contribution >= 4 is 17.6 Å². The quantitative estimate of drug-likeness (QED) is 0.823. The van der Waals surface area contributed by atoms with Gasteiger partial charge < -0.3 is 19.5 Å². The predicted molar refractivity (Wildman–Crippen MR) is 84.9 cm³/mol. The number of methoxy groups -OCH3 is 2. The molecule has 0 saturated heterocycles. The molecular weight excluding hydrogens is 317 g/mol. The zero-order valence-electron chi connectivity index (χ0n) is 13.2. The van der Waals surface area contributed by atoms with Crippen molar-refractivity contribution < 1.29 is 28.2 Å². The highest BCUT2D eigenvalue weighted by atomic mass is 19.1. The van der Waals surface area contributed by atoms with Crippen LogP contribution in [-0.4, -0.2) is 32.7 Å². The molecule has 2 aromatic rings. The summed E-state index contributed by atoms with van der Waals surface area (Å²) in [6, 6.07) is 9.90. The molecule has 2 rings (SSSR count). The van der Waals surface area contributed by atoms with E-state index in [1.54, 1.807) is 6.07 Å². The summed E-state index contributed by atoms with van der Waals surface area (Å²) in [5.41, 5.74) is 0.494. The van der Waals surface area contributed by atoms with Crippen LogP contribution in [-0.2, 0) is 9.53 Å². The van der Waals surface area contributed by atoms with E-state index in [2.05, 4.69) is 5.32 Å². The number of halogens is 1. The lowest BCUT2D eigenvalue weighted by Gasteiger charge is -2.10. The van der Waals surface area contributed by atoms with Gasteiger partial charge in [-0.3, -0.25) is 4.79 Å². The molecule has 0 saturated carbocycles. The van der Waals surface area contributed by atoms with Crippen LogP contribution in [0.3, 0.4) is 0 Å². The largest absolute Gasteiger partial charge is 0.493 e. The second-order valence-corrected chi connectivity index (χ2v) is 4.70. The molecule has 0 aliphatic carbocycles. The van der Waals surface area contributed by atoms with Gasteiger partial charge in [0.15, 0.2) is 18.1 Å². The third-order valence-electron chi connectivity index (χ3n) is 3.06. The number of hydrogen-bond acceptors (Lipinski definition) is 5. The summed E-state index contributed by atoms with van der Waals surface area (Å²) in [6.45, 7) is -0.496. The average molecular weight is 333 g/mol. The summed E-state index contributed by atoms with van der Waals surface area (Å²) >= 11 is 0. The van der Waals surface area contributed by atoms with Crippen LogP contribution in [0, 0.1) is 5.82 Å². The number of carbonyl (C=O) groups excluding carboxylic acids is 2. The Kier molecular flexibility index (Phi) is 5.73. The van der Waals surface area contributed by atoms with Crippen LogP contribution < -0.4 is 14.8 Å². The van der Waals surface area contributed by atoms with Gasteiger partial charge in [0, 0.05) is 5.69 Å². The summed E-state index contributed by atoms with van der Waals surface area (Å²) in [5, 5.41) is 2.43. The normalized spacial score (nSPS) is 9.96. The minimum absolute atomic E-state index is 0.214. The summed E-state index contributed by atoms with van der Waals surface area (Å²) in [6.07, 6.45) is 0. The summed E-state index contributed by atoms with van der Waals surface area (Å²) in [4.78, 5) is 23.7. The van der Waals surface area contributed by atoms with Gasteiger partial charge in [0.05, 0.1) is 19.8 Å². The SMILES string of the molecule is COc1ccc(C(=O)OCC(=O)Nc2cccc(F)c2)cc1OC. The van der Waals surface area contributed by atoms with Crippen LogP contribution in [0.25, 0.3) is 0 Å². The third kappa shape index (κ3) is 4.45. The summed E-state index contributed by atoms with van der Waals surface area (Å²) in [5.74, 6) is -0.899. The molecule has 0 heterocycles. The Morgan fingerprint density at radius 3 is 2.46 bits per heavy atom. The highest BCUT2D eigenvalue weighted by Crippen LogP contribution is 2.27. The van der Waals surface area contributed by atoms with Gasteiger partial charge in [-0.2, -0.15) is 0 Å². The van der Waals surface area contributed by atoms with Crippen molar-refractivity contribution in [2.24, 2.45) is 0 Å². The molecule has 126 valence electrons. The van der Waals surface area contributed by atoms with E-state index >= 15 is 0 Å². The Morgan fingerprint density at radius 2 is 1.79 bits per heavy atom. The molecule has 24 heavy (non-hydrogen) atoms. The Hall–Kier alpha value is -3.09. The van der Waals surface area contributed by atoms with E-state index in [9.17, 15) is 14.0 Å². The van der Waals surface area contributed by atoms with Crippen molar-refractivity contribution in [1.82, 2.24) is 0 Å². The van der Waals surface area contributed by atoms with Crippen molar-refractivity contribution in [1.29, 1.82) is 0 Å². The standard InChI is InChI=1S/C17H16FNO5/c1-22-14-7-6-11(8-15(14)23-2)17(21)24-10-16(20)19-13-5-3-4-12(18)9-13/h3-9H,10H2,1-2H3,(H,19,20). The second-order valence-electron chi connectivity index (χ2n) is 4.70. The van der Waals surface area contributed by atoms with E-state index in [4.69, 9.17) is 14.2 Å². The molecule has 0 aliphatic rings. The van der Waals surface area contributed by atoms with Gasteiger partial charge in [-0.05, 0) is 36.4 Å². The Bertz CT molecular complexity index is 748. The first-order valence-electron chi connectivity index (χ1n) is 6.98. The maximum absolute atomic E-state index is 13.0. The van der Waals surface area contributed by atoms with Gasteiger partial charge in [0.2, 0.25) is 0 Å². The number of nitrogens with one attached hydrogen (secondary N) is 1. The monoisotopic (exact) mass is 333 g/mol. The van der Waals surface area contributed by atoms with E-state index < -0.39 is 24.3 Å². The molecule has 0 fully saturated rings. The number of esters is 1. The topological polar surface area (TPSA) is 73.9 Å². The third-order valence-corrected chi connectivity index (χ3v) is 3.06. The Labute approximate surface area is 138 Å². The van der Waals surface area contributed by atoms with Crippen molar-refractivity contribution in [3.63, 3.8) is 0 Å². The van der Waals surface area contributed by atoms with E-state index in [1.807, 2.05) is 0 Å². The molecule has 1 N–H and O–H groups in total. The molecule has 0 bridgehead atoms. The van der Waals surface area contributed by atoms with Crippen LogP contribution in [0.1, 0.15) is 10.4 Å². The Morgan fingerprint density at radius 1 is 1.04 bits per heavy atom. The minimum Gasteiger partial charge on any atom is -0.493 e. The number of ether oxygens (including phenoxy) is 3. The maximum Gasteiger partial charge on any atom is 0.338 e. The van der Waals surface area contributed by atoms with Crippen LogP contribution in [0.15, 0.2) is 42.5 Å². The number of hydrogen-bond donors (Lipinski definition) is 1. The molecule has 0 spiro atoms. The molecule has 0 aliphatic heterocycles. The van der Waals surface area contributed by atoms with Crippen molar-refractivity contribution in [2.45, 2.75) is 0 Å². The maximum atomic E-state index is 13.0. The number of rotatable bonds is 6. The van der Waals surface area contributed by atoms with Crippen LogP contribution >= 0.6 is 0 Å². The fourth-order valence-electron chi connectivity index (χ4n) is 1.94. The molecule has 2 aromatic carbocycles. The lowest BCUT2D eigenvalue weighted by molar-refractivity contribution is -0.119. The first-order valence-corrected chi connectivity index (χ1v) is 6.98. The van der Waals surface area contributed by atoms with Crippen LogP contribution in [0.4, 0.5) is 10.1 Å². The molecule has 0 atom stereocenters. The molecule has 0 unspecified atom stereocenters. The fraction of sp³-hybridized carbons (Fsp3) is 0.176. The zero-order valence-corrected chi connectivity index (χ0v) is 13.2. The number of benzene rings is 2. The molecule has 1 amide bonds. The van der Waals surface area contributed by atoms with Crippen molar-refractivity contribution in [3.8, 4) is 11.5 Å². The fourth-order valence-corrected chi connectivity index (χ4v) is 1.94. The highest BCUT2D eigenvalue weighted by molar-refractivity contribution is 5.95. The van der Waals surface area contributed by atoms with Crippen molar-refractivity contribution in [3.05, 3.63) is 53.8 Å². The summed E-state index contributed by atoms with van der Waals surface area (Å²) in [7, 11) is 2.92. The molecule has 7 heteroatoms. The number of carbonyl (C=O) groups is 2. The lowest BCUT2D eigenvalue weighted by Crippen LogP contribution is -2.21. The van der Waals surface area contributed by atoms with Crippen LogP contribution in [0.2, 0.25) is 0 Å². The van der Waals surface area contributed by atoms with Gasteiger partial charge in [-0.15, -0.1) is 0 Å². The number of amides is 1. The zero-order chi connectivity index (χ0) is 17.5. The van der Waals surface area contributed by atoms with Gasteiger partial charge in [-0.25, -0.2) is 9.18 Å². The van der Waals surface area contributed by atoms with Gasteiger partial charge >= 0.3 is 5.97 Å². The number of anilines is 1. The average Bonchev–Trinajstić information content (AvgIpc) is 2.59. The highest BCUT2D eigenvalue weighted by Gasteiger charge is 2.13. The van der Waals surface area contributed by atoms with Crippen LogP contribution in [0.5, 0.6) is 11.5 Å². The molecule has 6 nitrogen and oxygen atoms in total. The summed E-state index contributed by atoms with van der Waals surface area (Å²) < 4.78 is 28.1. The van der Waals surface area contributed by atoms with Gasteiger partial charge in [0.25, 0.3) is 5.91 Å². The molecule has 0 aromatic heterocycles. The lowest BCUT2D eigenvalue weighted by atomic mass is 10.2. The van der Waals surface area contributed by atoms with E-state index in [0.717, 1.165) is 6.07 Å². The van der Waals surface area contributed by atoms with E-state index in [-0.39, 0.29) is 11.3 Å².